The van der Waals surface area contributed by atoms with Crippen LogP contribution in [0.5, 0.6) is 0 Å². The molecule has 0 saturated heterocycles. The van der Waals surface area contributed by atoms with Crippen molar-refractivity contribution < 1.29 is 4.79 Å². The Morgan fingerprint density at radius 2 is 1.83 bits per heavy atom. The Morgan fingerprint density at radius 1 is 1.22 bits per heavy atom. The molecule has 0 atom stereocenters. The summed E-state index contributed by atoms with van der Waals surface area (Å²) >= 11 is 1.70. The van der Waals surface area contributed by atoms with Crippen LogP contribution in [0.4, 0.5) is 5.69 Å². The van der Waals surface area contributed by atoms with Crippen LogP contribution in [0.1, 0.15) is 25.7 Å². The van der Waals surface area contributed by atoms with Crippen molar-refractivity contribution in [3.05, 3.63) is 24.3 Å². The van der Waals surface area contributed by atoms with Crippen molar-refractivity contribution in [2.24, 2.45) is 11.7 Å². The van der Waals surface area contributed by atoms with Crippen molar-refractivity contribution in [2.45, 2.75) is 36.6 Å². The summed E-state index contributed by atoms with van der Waals surface area (Å²) in [5.74, 6) is 0.267. The van der Waals surface area contributed by atoms with E-state index in [2.05, 4.69) is 5.32 Å². The molecule has 18 heavy (non-hydrogen) atoms. The lowest BCUT2D eigenvalue weighted by Gasteiger charge is -2.25. The van der Waals surface area contributed by atoms with Gasteiger partial charge in [-0.1, -0.05) is 0 Å². The second-order valence-corrected chi connectivity index (χ2v) is 5.71. The number of hydrogen-bond acceptors (Lipinski definition) is 3. The van der Waals surface area contributed by atoms with E-state index in [0.29, 0.717) is 0 Å². The lowest BCUT2D eigenvalue weighted by molar-refractivity contribution is -0.120. The number of anilines is 1. The van der Waals surface area contributed by atoms with Crippen LogP contribution in [-0.4, -0.2) is 18.2 Å². The summed E-state index contributed by atoms with van der Waals surface area (Å²) in [6, 6.07) is 8.25. The molecule has 1 aromatic carbocycles. The summed E-state index contributed by atoms with van der Waals surface area (Å²) in [7, 11) is 0. The first-order valence-electron chi connectivity index (χ1n) is 6.39. The summed E-state index contributed by atoms with van der Waals surface area (Å²) in [5.41, 5.74) is 6.73. The summed E-state index contributed by atoms with van der Waals surface area (Å²) < 4.78 is 0. The lowest BCUT2D eigenvalue weighted by atomic mass is 9.86. The van der Waals surface area contributed by atoms with E-state index in [1.165, 1.54) is 4.90 Å². The molecule has 0 radical (unpaired) electrons. The first-order chi connectivity index (χ1) is 8.69. The summed E-state index contributed by atoms with van der Waals surface area (Å²) in [4.78, 5) is 13.3. The molecular weight excluding hydrogens is 244 g/mol. The van der Waals surface area contributed by atoms with Crippen molar-refractivity contribution >= 4 is 23.4 Å². The molecule has 4 heteroatoms. The highest BCUT2D eigenvalue weighted by Crippen LogP contribution is 2.25. The molecule has 1 aliphatic carbocycles. The van der Waals surface area contributed by atoms with Crippen LogP contribution in [0.25, 0.3) is 0 Å². The fourth-order valence-corrected chi connectivity index (χ4v) is 2.71. The van der Waals surface area contributed by atoms with E-state index in [0.717, 1.165) is 31.4 Å². The summed E-state index contributed by atoms with van der Waals surface area (Å²) in [6.45, 7) is 0. The number of carbonyl (C=O) groups excluding carboxylic acids is 1. The predicted octanol–water partition coefficient (Wildman–Crippen LogP) is 2.86. The molecule has 0 heterocycles. The lowest BCUT2D eigenvalue weighted by Crippen LogP contribution is -2.32. The van der Waals surface area contributed by atoms with Crippen molar-refractivity contribution in [3.63, 3.8) is 0 Å². The molecule has 0 spiro atoms. The Kier molecular flexibility index (Phi) is 4.66. The van der Waals surface area contributed by atoms with E-state index in [1.54, 1.807) is 11.8 Å². The van der Waals surface area contributed by atoms with Gasteiger partial charge in [0.15, 0.2) is 0 Å². The van der Waals surface area contributed by atoms with Gasteiger partial charge in [0.1, 0.15) is 0 Å². The van der Waals surface area contributed by atoms with Gasteiger partial charge in [-0.15, -0.1) is 11.8 Å². The molecular formula is C14H20N2OS. The van der Waals surface area contributed by atoms with Gasteiger partial charge in [0.2, 0.25) is 5.91 Å². The van der Waals surface area contributed by atoms with Crippen molar-refractivity contribution in [2.75, 3.05) is 11.6 Å². The third-order valence-corrected chi connectivity index (χ3v) is 4.24. The average Bonchev–Trinajstić information content (AvgIpc) is 2.40. The van der Waals surface area contributed by atoms with Crippen LogP contribution >= 0.6 is 11.8 Å². The van der Waals surface area contributed by atoms with Gasteiger partial charge < -0.3 is 11.1 Å². The zero-order valence-corrected chi connectivity index (χ0v) is 11.5. The molecule has 1 saturated carbocycles. The molecule has 0 unspecified atom stereocenters. The van der Waals surface area contributed by atoms with Gasteiger partial charge in [-0.25, -0.2) is 0 Å². The van der Waals surface area contributed by atoms with Gasteiger partial charge in [-0.3, -0.25) is 4.79 Å². The molecule has 1 aliphatic rings. The Balaban J connectivity index is 1.90. The van der Waals surface area contributed by atoms with Gasteiger partial charge in [-0.05, 0) is 56.2 Å². The Hall–Kier alpha value is -1.00. The van der Waals surface area contributed by atoms with Gasteiger partial charge in [-0.2, -0.15) is 0 Å². The standard InChI is InChI=1S/C14H20N2OS/c1-18-13-8-6-12(7-9-13)16-14(17)10-2-4-11(15)5-3-10/h6-11H,2-5,15H2,1H3,(H,16,17). The fraction of sp³-hybridized carbons (Fsp3) is 0.500. The molecule has 0 aromatic heterocycles. The Bertz CT molecular complexity index is 397. The molecule has 1 aromatic rings. The molecule has 3 nitrogen and oxygen atoms in total. The molecule has 0 aliphatic heterocycles. The van der Waals surface area contributed by atoms with Crippen LogP contribution in [0.2, 0.25) is 0 Å². The van der Waals surface area contributed by atoms with Gasteiger partial charge >= 0.3 is 0 Å². The third-order valence-electron chi connectivity index (χ3n) is 3.50. The molecule has 3 N–H and O–H groups in total. The first-order valence-corrected chi connectivity index (χ1v) is 7.62. The van der Waals surface area contributed by atoms with Gasteiger partial charge in [0.25, 0.3) is 0 Å². The number of benzene rings is 1. The average molecular weight is 264 g/mol. The second-order valence-electron chi connectivity index (χ2n) is 4.83. The highest BCUT2D eigenvalue weighted by molar-refractivity contribution is 7.98. The van der Waals surface area contributed by atoms with E-state index >= 15 is 0 Å². The van der Waals surface area contributed by atoms with Crippen LogP contribution < -0.4 is 11.1 Å². The summed E-state index contributed by atoms with van der Waals surface area (Å²) in [6.07, 6.45) is 5.79. The molecule has 98 valence electrons. The third kappa shape index (κ3) is 3.50. The van der Waals surface area contributed by atoms with Crippen molar-refractivity contribution in [1.82, 2.24) is 0 Å². The Morgan fingerprint density at radius 3 is 2.39 bits per heavy atom. The smallest absolute Gasteiger partial charge is 0.227 e. The normalized spacial score (nSPS) is 23.7. The number of carbonyl (C=O) groups is 1. The fourth-order valence-electron chi connectivity index (χ4n) is 2.30. The highest BCUT2D eigenvalue weighted by atomic mass is 32.2. The van der Waals surface area contributed by atoms with Crippen LogP contribution in [0.15, 0.2) is 29.2 Å². The zero-order chi connectivity index (χ0) is 13.0. The summed E-state index contributed by atoms with van der Waals surface area (Å²) in [5, 5.41) is 2.99. The maximum absolute atomic E-state index is 12.1. The van der Waals surface area contributed by atoms with Gasteiger partial charge in [0.05, 0.1) is 0 Å². The Labute approximate surface area is 113 Å². The van der Waals surface area contributed by atoms with Crippen LogP contribution in [0.3, 0.4) is 0 Å². The first kappa shape index (κ1) is 13.4. The highest BCUT2D eigenvalue weighted by Gasteiger charge is 2.24. The van der Waals surface area contributed by atoms with E-state index in [4.69, 9.17) is 5.73 Å². The topological polar surface area (TPSA) is 55.1 Å². The van der Waals surface area contributed by atoms with E-state index in [-0.39, 0.29) is 17.9 Å². The number of amides is 1. The number of nitrogens with one attached hydrogen (secondary N) is 1. The van der Waals surface area contributed by atoms with E-state index in [1.807, 2.05) is 30.5 Å². The second kappa shape index (κ2) is 6.25. The van der Waals surface area contributed by atoms with E-state index in [9.17, 15) is 4.79 Å². The van der Waals surface area contributed by atoms with Crippen LogP contribution in [-0.2, 0) is 4.79 Å². The van der Waals surface area contributed by atoms with Crippen molar-refractivity contribution in [3.8, 4) is 0 Å². The minimum Gasteiger partial charge on any atom is -0.328 e. The van der Waals surface area contributed by atoms with Crippen molar-refractivity contribution in [1.29, 1.82) is 0 Å². The molecule has 0 bridgehead atoms. The number of nitrogens with two attached hydrogens (primary N) is 1. The maximum Gasteiger partial charge on any atom is 0.227 e. The monoisotopic (exact) mass is 264 g/mol. The van der Waals surface area contributed by atoms with Gasteiger partial charge in [0, 0.05) is 22.5 Å². The minimum atomic E-state index is 0.130. The van der Waals surface area contributed by atoms with E-state index < -0.39 is 0 Å². The molecule has 2 rings (SSSR count). The largest absolute Gasteiger partial charge is 0.328 e. The molecule has 1 amide bonds. The minimum absolute atomic E-state index is 0.130. The SMILES string of the molecule is CSc1ccc(NC(=O)C2CCC(N)CC2)cc1. The number of thioether (sulfide) groups is 1. The number of rotatable bonds is 3. The molecule has 1 fully saturated rings. The maximum atomic E-state index is 12.1. The predicted molar refractivity (Wildman–Crippen MR) is 76.8 cm³/mol. The van der Waals surface area contributed by atoms with Crippen LogP contribution in [0, 0.1) is 5.92 Å². The zero-order valence-electron chi connectivity index (χ0n) is 10.7. The number of hydrogen-bond donors (Lipinski definition) is 2. The quantitative estimate of drug-likeness (QED) is 0.825.